The molecule has 1 fully saturated rings. The monoisotopic (exact) mass is 547 g/mol. The third-order valence-electron chi connectivity index (χ3n) is 7.35. The Morgan fingerprint density at radius 1 is 1.05 bits per heavy atom. The Morgan fingerprint density at radius 2 is 1.93 bits per heavy atom. The number of amides is 1. The summed E-state index contributed by atoms with van der Waals surface area (Å²) in [5, 5.41) is 11.4. The number of aromatic amines is 1. The fourth-order valence-electron chi connectivity index (χ4n) is 5.32. The predicted molar refractivity (Wildman–Crippen MR) is 154 cm³/mol. The van der Waals surface area contributed by atoms with Gasteiger partial charge in [-0.15, -0.1) is 0 Å². The molecule has 7 rings (SSSR count). The van der Waals surface area contributed by atoms with Crippen molar-refractivity contribution in [2.24, 2.45) is 0 Å². The number of nitrogens with one attached hydrogen (secondary N) is 2. The Kier molecular flexibility index (Phi) is 6.61. The number of H-pyrrole nitrogens is 1. The van der Waals surface area contributed by atoms with Crippen molar-refractivity contribution in [3.63, 3.8) is 0 Å². The van der Waals surface area contributed by atoms with E-state index < -0.39 is 0 Å². The molecule has 11 nitrogen and oxygen atoms in total. The Balaban J connectivity index is 1.35. The summed E-state index contributed by atoms with van der Waals surface area (Å²) in [6.07, 6.45) is 9.45. The van der Waals surface area contributed by atoms with Gasteiger partial charge < -0.3 is 19.5 Å². The van der Waals surface area contributed by atoms with Crippen LogP contribution in [0.5, 0.6) is 0 Å². The molecule has 2 aromatic carbocycles. The Bertz CT molecular complexity index is 1800. The van der Waals surface area contributed by atoms with Crippen LogP contribution in [-0.2, 0) is 29.0 Å². The molecule has 0 saturated carbocycles. The molecular formula is C30H29N9O2. The number of nitrogens with zero attached hydrogens (tertiary/aromatic N) is 7. The molecule has 6 aromatic rings. The maximum Gasteiger partial charge on any atom is 0.226 e. The summed E-state index contributed by atoms with van der Waals surface area (Å²) < 4.78 is 9.74. The minimum absolute atomic E-state index is 0.0855. The summed E-state index contributed by atoms with van der Waals surface area (Å²) in [6.45, 7) is 3.64. The van der Waals surface area contributed by atoms with Crippen LogP contribution < -0.4 is 10.2 Å². The lowest BCUT2D eigenvalue weighted by atomic mass is 10.0. The van der Waals surface area contributed by atoms with E-state index in [1.54, 1.807) is 12.5 Å². The Hall–Kier alpha value is -5.03. The Labute approximate surface area is 235 Å². The molecule has 1 aliphatic heterocycles. The van der Waals surface area contributed by atoms with E-state index in [1.807, 2.05) is 65.6 Å². The van der Waals surface area contributed by atoms with Gasteiger partial charge in [-0.1, -0.05) is 42.5 Å². The molecule has 1 aliphatic rings. The van der Waals surface area contributed by atoms with Crippen LogP contribution in [0.2, 0.25) is 0 Å². The first-order valence-electron chi connectivity index (χ1n) is 13.7. The van der Waals surface area contributed by atoms with Crippen molar-refractivity contribution in [1.29, 1.82) is 0 Å². The molecular weight excluding hydrogens is 518 g/mol. The maximum atomic E-state index is 13.0. The van der Waals surface area contributed by atoms with Gasteiger partial charge >= 0.3 is 0 Å². The van der Waals surface area contributed by atoms with Crippen molar-refractivity contribution < 1.29 is 9.53 Å². The third kappa shape index (κ3) is 5.03. The highest BCUT2D eigenvalue weighted by Crippen LogP contribution is 2.33. The molecule has 0 bridgehead atoms. The minimum atomic E-state index is -0.0855. The van der Waals surface area contributed by atoms with Gasteiger partial charge in [0.15, 0.2) is 11.5 Å². The van der Waals surface area contributed by atoms with E-state index in [2.05, 4.69) is 35.9 Å². The van der Waals surface area contributed by atoms with E-state index in [0.29, 0.717) is 45.1 Å². The van der Waals surface area contributed by atoms with Gasteiger partial charge in [-0.2, -0.15) is 5.10 Å². The van der Waals surface area contributed by atoms with Crippen molar-refractivity contribution in [3.05, 3.63) is 96.6 Å². The first kappa shape index (κ1) is 25.0. The zero-order valence-corrected chi connectivity index (χ0v) is 22.4. The summed E-state index contributed by atoms with van der Waals surface area (Å²) in [7, 11) is 0. The molecule has 0 spiro atoms. The number of morpholine rings is 1. The number of anilines is 1. The van der Waals surface area contributed by atoms with Crippen LogP contribution in [0.3, 0.4) is 0 Å². The van der Waals surface area contributed by atoms with E-state index in [4.69, 9.17) is 14.7 Å². The van der Waals surface area contributed by atoms with Crippen molar-refractivity contribution in [2.45, 2.75) is 19.5 Å². The number of benzene rings is 2. The second-order valence-corrected chi connectivity index (χ2v) is 10.1. The summed E-state index contributed by atoms with van der Waals surface area (Å²) in [5.74, 6) is 0.687. The lowest BCUT2D eigenvalue weighted by Crippen LogP contribution is -2.37. The first-order chi connectivity index (χ1) is 20.2. The number of fused-ring (bicyclic) bond motifs is 2. The van der Waals surface area contributed by atoms with Crippen molar-refractivity contribution in [1.82, 2.24) is 39.4 Å². The molecule has 206 valence electrons. The summed E-state index contributed by atoms with van der Waals surface area (Å²) in [4.78, 5) is 29.7. The van der Waals surface area contributed by atoms with Crippen molar-refractivity contribution >= 4 is 28.3 Å². The Morgan fingerprint density at radius 3 is 2.76 bits per heavy atom. The van der Waals surface area contributed by atoms with Crippen LogP contribution in [0.1, 0.15) is 17.0 Å². The average Bonchev–Trinajstić information content (AvgIpc) is 3.79. The van der Waals surface area contributed by atoms with Crippen LogP contribution in [0.25, 0.3) is 27.8 Å². The van der Waals surface area contributed by atoms with Crippen LogP contribution in [0, 0.1) is 0 Å². The lowest BCUT2D eigenvalue weighted by molar-refractivity contribution is -0.120. The number of imidazole rings is 2. The van der Waals surface area contributed by atoms with Gasteiger partial charge in [0.1, 0.15) is 0 Å². The topological polar surface area (TPSA) is 118 Å². The number of carbonyl (C=O) groups is 1. The zero-order valence-electron chi connectivity index (χ0n) is 22.4. The number of hydrogen-bond donors (Lipinski definition) is 2. The van der Waals surface area contributed by atoms with Crippen molar-refractivity contribution in [2.75, 3.05) is 31.2 Å². The predicted octanol–water partition coefficient (Wildman–Crippen LogP) is 3.21. The quantitative estimate of drug-likeness (QED) is 0.300. The SMILES string of the molecule is O=C(Cc1cn2c(Cn3ccnc3)c(-c3cccc4[nH]ncc34)nc(N3CCOCC3)c2n1)NCc1ccccc1. The van der Waals surface area contributed by atoms with Crippen LogP contribution in [0.4, 0.5) is 5.82 Å². The van der Waals surface area contributed by atoms with Crippen LogP contribution in [-0.4, -0.2) is 66.3 Å². The summed E-state index contributed by atoms with van der Waals surface area (Å²) in [5.41, 5.74) is 6.12. The fourth-order valence-corrected chi connectivity index (χ4v) is 5.32. The summed E-state index contributed by atoms with van der Waals surface area (Å²) >= 11 is 0. The standard InChI is InChI=1S/C30H29N9O2/c40-27(32-16-21-5-2-1-3-6-21)15-22-18-39-26(19-37-10-9-31-20-37)28(23-7-4-8-25-24(23)17-33-36-25)35-29(30(39)34-22)38-11-13-41-14-12-38/h1-10,17-18,20H,11-16,19H2,(H,32,40)(H,33,36). The largest absolute Gasteiger partial charge is 0.378 e. The molecule has 0 radical (unpaired) electrons. The lowest BCUT2D eigenvalue weighted by Gasteiger charge is -2.29. The number of aromatic nitrogens is 7. The van der Waals surface area contributed by atoms with E-state index in [-0.39, 0.29) is 12.3 Å². The van der Waals surface area contributed by atoms with Crippen molar-refractivity contribution in [3.8, 4) is 11.3 Å². The third-order valence-corrected chi connectivity index (χ3v) is 7.35. The van der Waals surface area contributed by atoms with E-state index >= 15 is 0 Å². The number of carbonyl (C=O) groups excluding carboxylic acids is 1. The molecule has 4 aromatic heterocycles. The van der Waals surface area contributed by atoms with E-state index in [1.165, 1.54) is 0 Å². The van der Waals surface area contributed by atoms with Gasteiger partial charge in [-0.05, 0) is 11.6 Å². The molecule has 5 heterocycles. The molecule has 0 aliphatic carbocycles. The highest BCUT2D eigenvalue weighted by Gasteiger charge is 2.24. The second kappa shape index (κ2) is 10.9. The van der Waals surface area contributed by atoms with Gasteiger partial charge in [0.2, 0.25) is 5.91 Å². The molecule has 1 saturated heterocycles. The normalized spacial score (nSPS) is 13.7. The molecule has 2 N–H and O–H groups in total. The molecule has 11 heteroatoms. The van der Waals surface area contributed by atoms with Gasteiger partial charge in [-0.25, -0.2) is 15.0 Å². The van der Waals surface area contributed by atoms with E-state index in [0.717, 1.165) is 44.9 Å². The fraction of sp³-hybridized carbons (Fsp3) is 0.233. The second-order valence-electron chi connectivity index (χ2n) is 10.1. The van der Waals surface area contributed by atoms with Gasteiger partial charge in [-0.3, -0.25) is 14.3 Å². The first-order valence-corrected chi connectivity index (χ1v) is 13.7. The van der Waals surface area contributed by atoms with Gasteiger partial charge in [0.05, 0.1) is 61.3 Å². The maximum absolute atomic E-state index is 13.0. The average molecular weight is 548 g/mol. The van der Waals surface area contributed by atoms with Gasteiger partial charge in [0, 0.05) is 49.2 Å². The number of rotatable bonds is 8. The highest BCUT2D eigenvalue weighted by atomic mass is 16.5. The zero-order chi connectivity index (χ0) is 27.6. The van der Waals surface area contributed by atoms with Crippen LogP contribution >= 0.6 is 0 Å². The highest BCUT2D eigenvalue weighted by molar-refractivity contribution is 5.94. The molecule has 1 amide bonds. The minimum Gasteiger partial charge on any atom is -0.378 e. The molecule has 0 unspecified atom stereocenters. The van der Waals surface area contributed by atoms with E-state index in [9.17, 15) is 4.79 Å². The van der Waals surface area contributed by atoms with Gasteiger partial charge in [0.25, 0.3) is 0 Å². The van der Waals surface area contributed by atoms with Crippen LogP contribution in [0.15, 0.2) is 79.6 Å². The number of ether oxygens (including phenoxy) is 1. The molecule has 41 heavy (non-hydrogen) atoms. The molecule has 0 atom stereocenters. The summed E-state index contributed by atoms with van der Waals surface area (Å²) in [6, 6.07) is 16.0. The number of hydrogen-bond acceptors (Lipinski definition) is 7. The smallest absolute Gasteiger partial charge is 0.226 e.